The molecule has 20 heavy (non-hydrogen) atoms. The Bertz CT molecular complexity index is 466. The summed E-state index contributed by atoms with van der Waals surface area (Å²) in [7, 11) is 0. The molecule has 1 fully saturated rings. The summed E-state index contributed by atoms with van der Waals surface area (Å²) in [5, 5.41) is 18.6. The van der Waals surface area contributed by atoms with Crippen LogP contribution in [0.4, 0.5) is 5.69 Å². The van der Waals surface area contributed by atoms with E-state index in [1.165, 1.54) is 29.9 Å². The lowest BCUT2D eigenvalue weighted by atomic mass is 10.0. The largest absolute Gasteiger partial charge is 0.480 e. The summed E-state index contributed by atoms with van der Waals surface area (Å²) >= 11 is 0. The minimum Gasteiger partial charge on any atom is -0.480 e. The van der Waals surface area contributed by atoms with Crippen molar-refractivity contribution in [2.45, 2.75) is 44.7 Å². The number of nitrogens with one attached hydrogen (secondary N) is 2. The van der Waals surface area contributed by atoms with Crippen LogP contribution in [0.15, 0.2) is 12.4 Å². The Balaban J connectivity index is 1.73. The van der Waals surface area contributed by atoms with Crippen LogP contribution in [0.3, 0.4) is 0 Å². The summed E-state index contributed by atoms with van der Waals surface area (Å²) in [5.41, 5.74) is 0.535. The smallest absolute Gasteiger partial charge is 0.325 e. The Morgan fingerprint density at radius 3 is 3.05 bits per heavy atom. The Kier molecular flexibility index (Phi) is 5.11. The average Bonchev–Trinajstić information content (AvgIpc) is 2.84. The second-order valence-electron chi connectivity index (χ2n) is 5.05. The number of carbonyl (C=O) groups excluding carboxylic acids is 1. The van der Waals surface area contributed by atoms with E-state index in [0.29, 0.717) is 18.2 Å². The van der Waals surface area contributed by atoms with Gasteiger partial charge in [-0.2, -0.15) is 5.10 Å². The number of aliphatic carboxylic acids is 1. The molecule has 1 amide bonds. The van der Waals surface area contributed by atoms with Crippen LogP contribution in [0, 0.1) is 0 Å². The Labute approximate surface area is 117 Å². The highest BCUT2D eigenvalue weighted by molar-refractivity contribution is 5.90. The van der Waals surface area contributed by atoms with Crippen molar-refractivity contribution in [2.24, 2.45) is 0 Å². The van der Waals surface area contributed by atoms with Gasteiger partial charge in [-0.05, 0) is 25.8 Å². The van der Waals surface area contributed by atoms with Crippen molar-refractivity contribution in [3.63, 3.8) is 0 Å². The molecule has 110 valence electrons. The third kappa shape index (κ3) is 4.65. The monoisotopic (exact) mass is 280 g/mol. The van der Waals surface area contributed by atoms with Crippen LogP contribution in [0.25, 0.3) is 0 Å². The number of rotatable bonds is 6. The highest BCUT2D eigenvalue weighted by atomic mass is 16.4. The molecule has 2 heterocycles. The molecule has 0 aliphatic carbocycles. The van der Waals surface area contributed by atoms with Gasteiger partial charge in [-0.3, -0.25) is 14.3 Å². The molecule has 3 N–H and O–H groups in total. The first-order valence-corrected chi connectivity index (χ1v) is 6.91. The molecule has 7 nitrogen and oxygen atoms in total. The lowest BCUT2D eigenvalue weighted by molar-refractivity contribution is -0.137. The van der Waals surface area contributed by atoms with Gasteiger partial charge in [0.15, 0.2) is 0 Å². The molecule has 0 aromatic carbocycles. The molecule has 0 saturated carbocycles. The molecule has 1 aromatic heterocycles. The molecule has 1 saturated heterocycles. The summed E-state index contributed by atoms with van der Waals surface area (Å²) in [6.07, 6.45) is 7.83. The molecule has 1 atom stereocenters. The van der Waals surface area contributed by atoms with Crippen molar-refractivity contribution in [1.82, 2.24) is 15.1 Å². The molecular formula is C13H20N4O3. The zero-order valence-electron chi connectivity index (χ0n) is 11.3. The second kappa shape index (κ2) is 7.04. The summed E-state index contributed by atoms with van der Waals surface area (Å²) < 4.78 is 1.28. The summed E-state index contributed by atoms with van der Waals surface area (Å²) in [6, 6.07) is 0.434. The van der Waals surface area contributed by atoms with E-state index in [2.05, 4.69) is 15.7 Å². The number of hydrogen-bond acceptors (Lipinski definition) is 4. The average molecular weight is 280 g/mol. The zero-order chi connectivity index (χ0) is 14.4. The topological polar surface area (TPSA) is 96.2 Å². The van der Waals surface area contributed by atoms with Crippen molar-refractivity contribution in [1.29, 1.82) is 0 Å². The van der Waals surface area contributed by atoms with Crippen LogP contribution in [0.2, 0.25) is 0 Å². The van der Waals surface area contributed by atoms with E-state index in [-0.39, 0.29) is 12.5 Å². The predicted molar refractivity (Wildman–Crippen MR) is 73.4 cm³/mol. The van der Waals surface area contributed by atoms with Gasteiger partial charge in [0.25, 0.3) is 0 Å². The number of nitrogens with zero attached hydrogens (tertiary/aromatic N) is 2. The number of anilines is 1. The number of carbonyl (C=O) groups is 2. The quantitative estimate of drug-likeness (QED) is 0.717. The highest BCUT2D eigenvalue weighted by Gasteiger charge is 2.14. The first-order chi connectivity index (χ1) is 9.63. The minimum atomic E-state index is -0.964. The Hall–Kier alpha value is -1.89. The van der Waals surface area contributed by atoms with Crippen LogP contribution < -0.4 is 10.6 Å². The predicted octanol–water partition coefficient (Wildman–Crippen LogP) is 0.828. The van der Waals surface area contributed by atoms with Gasteiger partial charge in [0.1, 0.15) is 6.54 Å². The van der Waals surface area contributed by atoms with Crippen molar-refractivity contribution in [3.8, 4) is 0 Å². The summed E-state index contributed by atoms with van der Waals surface area (Å²) in [4.78, 5) is 22.3. The van der Waals surface area contributed by atoms with E-state index in [9.17, 15) is 9.59 Å². The number of hydrogen-bond donors (Lipinski definition) is 3. The minimum absolute atomic E-state index is 0.0627. The molecule has 0 radical (unpaired) electrons. The van der Waals surface area contributed by atoms with Crippen molar-refractivity contribution < 1.29 is 14.7 Å². The van der Waals surface area contributed by atoms with Gasteiger partial charge in [0.05, 0.1) is 11.9 Å². The van der Waals surface area contributed by atoms with Crippen molar-refractivity contribution >= 4 is 17.6 Å². The van der Waals surface area contributed by atoms with Gasteiger partial charge in [-0.25, -0.2) is 0 Å². The van der Waals surface area contributed by atoms with E-state index >= 15 is 0 Å². The van der Waals surface area contributed by atoms with E-state index < -0.39 is 5.97 Å². The normalized spacial score (nSPS) is 18.7. The first kappa shape index (κ1) is 14.5. The van der Waals surface area contributed by atoms with Gasteiger partial charge < -0.3 is 15.7 Å². The molecule has 2 rings (SSSR count). The van der Waals surface area contributed by atoms with Crippen LogP contribution in [-0.4, -0.2) is 39.4 Å². The number of amides is 1. The lowest BCUT2D eigenvalue weighted by Crippen LogP contribution is -2.34. The second-order valence-corrected chi connectivity index (χ2v) is 5.05. The summed E-state index contributed by atoms with van der Waals surface area (Å²) in [5.74, 6) is -1.03. The third-order valence-corrected chi connectivity index (χ3v) is 3.35. The molecule has 1 aliphatic heterocycles. The van der Waals surface area contributed by atoms with E-state index in [4.69, 9.17) is 5.11 Å². The highest BCUT2D eigenvalue weighted by Crippen LogP contribution is 2.13. The van der Waals surface area contributed by atoms with Gasteiger partial charge in [-0.15, -0.1) is 0 Å². The van der Waals surface area contributed by atoms with Gasteiger partial charge in [0, 0.05) is 18.7 Å². The van der Waals surface area contributed by atoms with Crippen LogP contribution in [0.1, 0.15) is 32.1 Å². The fraction of sp³-hybridized carbons (Fsp3) is 0.615. The van der Waals surface area contributed by atoms with Gasteiger partial charge >= 0.3 is 5.97 Å². The maximum atomic E-state index is 11.8. The molecule has 1 aliphatic rings. The molecule has 1 unspecified atom stereocenters. The Morgan fingerprint density at radius 2 is 2.35 bits per heavy atom. The molecule has 0 bridgehead atoms. The summed E-state index contributed by atoms with van der Waals surface area (Å²) in [6.45, 7) is 0.829. The standard InChI is InChI=1S/C13H20N4O3/c18-12(5-4-10-3-1-2-6-14-10)16-11-7-15-17(8-11)9-13(19)20/h7-8,10,14H,1-6,9H2,(H,16,18)(H,19,20). The molecule has 7 heteroatoms. The van der Waals surface area contributed by atoms with Gasteiger partial charge in [-0.1, -0.05) is 6.42 Å². The van der Waals surface area contributed by atoms with E-state index in [1.54, 1.807) is 0 Å². The molecular weight excluding hydrogens is 260 g/mol. The fourth-order valence-electron chi connectivity index (χ4n) is 2.35. The number of aromatic nitrogens is 2. The first-order valence-electron chi connectivity index (χ1n) is 6.91. The maximum absolute atomic E-state index is 11.8. The van der Waals surface area contributed by atoms with Crippen LogP contribution in [0.5, 0.6) is 0 Å². The van der Waals surface area contributed by atoms with Crippen LogP contribution in [-0.2, 0) is 16.1 Å². The number of carboxylic acid groups (broad SMARTS) is 1. The van der Waals surface area contributed by atoms with Gasteiger partial charge in [0.2, 0.25) is 5.91 Å². The van der Waals surface area contributed by atoms with Crippen LogP contribution >= 0.6 is 0 Å². The number of piperidine rings is 1. The maximum Gasteiger partial charge on any atom is 0.325 e. The van der Waals surface area contributed by atoms with Crippen molar-refractivity contribution in [2.75, 3.05) is 11.9 Å². The molecule has 0 spiro atoms. The molecule has 1 aromatic rings. The van der Waals surface area contributed by atoms with Crippen molar-refractivity contribution in [3.05, 3.63) is 12.4 Å². The Morgan fingerprint density at radius 1 is 1.50 bits per heavy atom. The lowest BCUT2D eigenvalue weighted by Gasteiger charge is -2.22. The van der Waals surface area contributed by atoms with E-state index in [1.807, 2.05) is 0 Å². The fourth-order valence-corrected chi connectivity index (χ4v) is 2.35. The SMILES string of the molecule is O=C(O)Cn1cc(NC(=O)CCC2CCCCN2)cn1. The number of carboxylic acids is 1. The van der Waals surface area contributed by atoms with E-state index in [0.717, 1.165) is 19.4 Å². The zero-order valence-corrected chi connectivity index (χ0v) is 11.3. The third-order valence-electron chi connectivity index (χ3n) is 3.35.